The van der Waals surface area contributed by atoms with Crippen LogP contribution in [0.5, 0.6) is 0 Å². The van der Waals surface area contributed by atoms with Crippen molar-refractivity contribution < 1.29 is 0 Å². The minimum atomic E-state index is 0.650. The first-order chi connectivity index (χ1) is 5.84. The molecule has 0 aromatic carbocycles. The van der Waals surface area contributed by atoms with Gasteiger partial charge in [-0.05, 0) is 19.8 Å². The molecule has 1 aliphatic carbocycles. The first-order valence-electron chi connectivity index (χ1n) is 4.41. The van der Waals surface area contributed by atoms with Crippen LogP contribution in [0.25, 0.3) is 0 Å². The quantitative estimate of drug-likeness (QED) is 0.763. The topological polar surface area (TPSA) is 37.8 Å². The molecule has 0 amide bonds. The Morgan fingerprint density at radius 1 is 1.42 bits per heavy atom. The molecule has 1 aliphatic rings. The maximum absolute atomic E-state index is 4.27. The van der Waals surface area contributed by atoms with Gasteiger partial charge in [-0.2, -0.15) is 4.37 Å². The van der Waals surface area contributed by atoms with E-state index in [4.69, 9.17) is 0 Å². The van der Waals surface area contributed by atoms with Crippen molar-refractivity contribution >= 4 is 16.7 Å². The molecule has 0 radical (unpaired) electrons. The summed E-state index contributed by atoms with van der Waals surface area (Å²) in [5.74, 6) is 0.875. The van der Waals surface area contributed by atoms with Crippen LogP contribution in [0.2, 0.25) is 0 Å². The van der Waals surface area contributed by atoms with Crippen LogP contribution in [0, 0.1) is 6.92 Å². The summed E-state index contributed by atoms with van der Waals surface area (Å²) in [6, 6.07) is 0.650. The number of nitrogens with zero attached hydrogens (tertiary/aromatic N) is 2. The van der Waals surface area contributed by atoms with Crippen molar-refractivity contribution in [2.24, 2.45) is 0 Å². The second-order valence-electron chi connectivity index (χ2n) is 3.27. The molecule has 1 heterocycles. The number of hydrogen-bond acceptors (Lipinski definition) is 4. The van der Waals surface area contributed by atoms with E-state index in [0.29, 0.717) is 6.04 Å². The largest absolute Gasteiger partial charge is 0.358 e. The van der Waals surface area contributed by atoms with Crippen molar-refractivity contribution in [2.45, 2.75) is 38.6 Å². The summed E-state index contributed by atoms with van der Waals surface area (Å²) in [4.78, 5) is 4.27. The minimum absolute atomic E-state index is 0.650. The van der Waals surface area contributed by atoms with Crippen molar-refractivity contribution in [1.82, 2.24) is 9.36 Å². The van der Waals surface area contributed by atoms with Gasteiger partial charge in [0.2, 0.25) is 5.13 Å². The van der Waals surface area contributed by atoms with E-state index in [0.717, 1.165) is 11.0 Å². The standard InChI is InChI=1S/C8H13N3S/c1-6-9-8(12-11-6)10-7-4-2-3-5-7/h7H,2-5H2,1H3,(H,9,10,11). The average Bonchev–Trinajstić information content (AvgIpc) is 2.63. The Labute approximate surface area is 76.4 Å². The number of aromatic nitrogens is 2. The van der Waals surface area contributed by atoms with Crippen molar-refractivity contribution in [2.75, 3.05) is 5.32 Å². The SMILES string of the molecule is Cc1nsc(NC2CCCC2)n1. The van der Waals surface area contributed by atoms with Gasteiger partial charge in [-0.1, -0.05) is 12.8 Å². The van der Waals surface area contributed by atoms with Crippen LogP contribution in [-0.4, -0.2) is 15.4 Å². The van der Waals surface area contributed by atoms with Gasteiger partial charge in [0.25, 0.3) is 0 Å². The lowest BCUT2D eigenvalue weighted by Gasteiger charge is -2.08. The summed E-state index contributed by atoms with van der Waals surface area (Å²) in [7, 11) is 0. The third-order valence-corrected chi connectivity index (χ3v) is 2.95. The zero-order valence-electron chi connectivity index (χ0n) is 7.21. The highest BCUT2D eigenvalue weighted by Gasteiger charge is 2.15. The molecule has 1 fully saturated rings. The number of aryl methyl sites for hydroxylation is 1. The van der Waals surface area contributed by atoms with Crippen LogP contribution in [0.1, 0.15) is 31.5 Å². The molecule has 0 atom stereocenters. The molecule has 0 bridgehead atoms. The van der Waals surface area contributed by atoms with E-state index in [1.54, 1.807) is 0 Å². The molecule has 3 nitrogen and oxygen atoms in total. The summed E-state index contributed by atoms with van der Waals surface area (Å²) >= 11 is 1.46. The third-order valence-electron chi connectivity index (χ3n) is 2.21. The summed E-state index contributed by atoms with van der Waals surface area (Å²) < 4.78 is 4.13. The third kappa shape index (κ3) is 1.75. The fraction of sp³-hybridized carbons (Fsp3) is 0.750. The summed E-state index contributed by atoms with van der Waals surface area (Å²) in [5, 5.41) is 4.39. The van der Waals surface area contributed by atoms with Crippen molar-refractivity contribution in [3.05, 3.63) is 5.82 Å². The molecule has 1 saturated carbocycles. The van der Waals surface area contributed by atoms with Gasteiger partial charge in [0, 0.05) is 17.6 Å². The van der Waals surface area contributed by atoms with E-state index < -0.39 is 0 Å². The summed E-state index contributed by atoms with van der Waals surface area (Å²) in [5.41, 5.74) is 0. The molecular weight excluding hydrogens is 170 g/mol. The molecule has 4 heteroatoms. The zero-order chi connectivity index (χ0) is 8.39. The second kappa shape index (κ2) is 3.39. The number of rotatable bonds is 2. The van der Waals surface area contributed by atoms with E-state index in [9.17, 15) is 0 Å². The fourth-order valence-electron chi connectivity index (χ4n) is 1.60. The summed E-state index contributed by atoms with van der Waals surface area (Å²) in [6.45, 7) is 1.93. The molecule has 0 unspecified atom stereocenters. The highest BCUT2D eigenvalue weighted by Crippen LogP contribution is 2.22. The number of nitrogens with one attached hydrogen (secondary N) is 1. The first kappa shape index (κ1) is 7.98. The lowest BCUT2D eigenvalue weighted by molar-refractivity contribution is 0.753. The highest BCUT2D eigenvalue weighted by atomic mass is 32.1. The van der Waals surface area contributed by atoms with Crippen molar-refractivity contribution in [1.29, 1.82) is 0 Å². The van der Waals surface area contributed by atoms with Crippen LogP contribution < -0.4 is 5.32 Å². The summed E-state index contributed by atoms with van der Waals surface area (Å²) in [6.07, 6.45) is 5.29. The average molecular weight is 183 g/mol. The molecule has 0 aliphatic heterocycles. The van der Waals surface area contributed by atoms with Crippen LogP contribution in [-0.2, 0) is 0 Å². The van der Waals surface area contributed by atoms with Crippen LogP contribution in [0.4, 0.5) is 5.13 Å². The molecule has 0 saturated heterocycles. The number of hydrogen-bond donors (Lipinski definition) is 1. The zero-order valence-corrected chi connectivity index (χ0v) is 8.02. The molecule has 1 aromatic rings. The smallest absolute Gasteiger partial charge is 0.202 e. The van der Waals surface area contributed by atoms with Crippen LogP contribution in [0.15, 0.2) is 0 Å². The van der Waals surface area contributed by atoms with Gasteiger partial charge in [0.05, 0.1) is 0 Å². The normalized spacial score (nSPS) is 18.4. The maximum Gasteiger partial charge on any atom is 0.202 e. The predicted octanol–water partition coefficient (Wildman–Crippen LogP) is 2.20. The Morgan fingerprint density at radius 2 is 2.17 bits per heavy atom. The Bertz CT molecular complexity index is 253. The first-order valence-corrected chi connectivity index (χ1v) is 5.19. The Kier molecular flexibility index (Phi) is 2.26. The van der Waals surface area contributed by atoms with Crippen LogP contribution >= 0.6 is 11.5 Å². The molecule has 1 N–H and O–H groups in total. The second-order valence-corrected chi connectivity index (χ2v) is 4.02. The molecular formula is C8H13N3S. The monoisotopic (exact) mass is 183 g/mol. The lowest BCUT2D eigenvalue weighted by Crippen LogP contribution is -2.13. The number of anilines is 1. The molecule has 66 valence electrons. The minimum Gasteiger partial charge on any atom is -0.358 e. The van der Waals surface area contributed by atoms with Gasteiger partial charge < -0.3 is 5.32 Å². The predicted molar refractivity (Wildman–Crippen MR) is 50.5 cm³/mol. The molecule has 2 rings (SSSR count). The van der Waals surface area contributed by atoms with Gasteiger partial charge in [-0.15, -0.1) is 0 Å². The molecule has 1 aromatic heterocycles. The van der Waals surface area contributed by atoms with E-state index in [-0.39, 0.29) is 0 Å². The van der Waals surface area contributed by atoms with Crippen molar-refractivity contribution in [3.63, 3.8) is 0 Å². The molecule has 12 heavy (non-hydrogen) atoms. The van der Waals surface area contributed by atoms with Crippen LogP contribution in [0.3, 0.4) is 0 Å². The Morgan fingerprint density at radius 3 is 2.75 bits per heavy atom. The van der Waals surface area contributed by atoms with E-state index in [1.165, 1.54) is 37.2 Å². The van der Waals surface area contributed by atoms with Gasteiger partial charge in [-0.25, -0.2) is 4.98 Å². The fourth-order valence-corrected chi connectivity index (χ4v) is 2.25. The van der Waals surface area contributed by atoms with Gasteiger partial charge in [-0.3, -0.25) is 0 Å². The van der Waals surface area contributed by atoms with Gasteiger partial charge in [0.1, 0.15) is 5.82 Å². The lowest BCUT2D eigenvalue weighted by atomic mass is 10.3. The van der Waals surface area contributed by atoms with Gasteiger partial charge in [0.15, 0.2) is 0 Å². The van der Waals surface area contributed by atoms with Crippen molar-refractivity contribution in [3.8, 4) is 0 Å². The Hall–Kier alpha value is -0.640. The van der Waals surface area contributed by atoms with E-state index >= 15 is 0 Å². The molecule has 0 spiro atoms. The Balaban J connectivity index is 1.94. The highest BCUT2D eigenvalue weighted by molar-refractivity contribution is 7.09. The maximum atomic E-state index is 4.27. The van der Waals surface area contributed by atoms with Gasteiger partial charge >= 0.3 is 0 Å². The van der Waals surface area contributed by atoms with E-state index in [1.807, 2.05) is 6.92 Å². The van der Waals surface area contributed by atoms with E-state index in [2.05, 4.69) is 14.7 Å².